The third-order valence-corrected chi connectivity index (χ3v) is 9.45. The van der Waals surface area contributed by atoms with Crippen LogP contribution in [0.15, 0.2) is 0 Å². The quantitative estimate of drug-likeness (QED) is 0.201. The summed E-state index contributed by atoms with van der Waals surface area (Å²) in [5, 5.41) is 48.8. The molecule has 11 heteroatoms. The summed E-state index contributed by atoms with van der Waals surface area (Å²) in [7, 11) is 2.77. The Morgan fingerprint density at radius 2 is 0.880 bits per heavy atom. The lowest BCUT2D eigenvalue weighted by molar-refractivity contribution is 0.148. The summed E-state index contributed by atoms with van der Waals surface area (Å²) >= 11 is 0. The lowest BCUT2D eigenvalue weighted by Gasteiger charge is -2.31. The number of nitriles is 4. The lowest BCUT2D eigenvalue weighted by atomic mass is 9.81. The molecule has 2 aliphatic carbocycles. The Balaban J connectivity index is 1.92. The van der Waals surface area contributed by atoms with Crippen LogP contribution in [-0.4, -0.2) is 32.5 Å². The topological polar surface area (TPSA) is 173 Å². The molecule has 0 saturated heterocycles. The van der Waals surface area contributed by atoms with E-state index in [0.717, 1.165) is 64.2 Å². The summed E-state index contributed by atoms with van der Waals surface area (Å²) in [5.74, 6) is -0.298. The van der Waals surface area contributed by atoms with E-state index >= 15 is 0 Å². The summed E-state index contributed by atoms with van der Waals surface area (Å²) in [6.07, 6.45) is 8.51. The number of benzene rings is 2. The highest BCUT2D eigenvalue weighted by atomic mass is 16.7. The summed E-state index contributed by atoms with van der Waals surface area (Å²) in [4.78, 5) is 13.9. The van der Waals surface area contributed by atoms with Crippen molar-refractivity contribution in [3.63, 3.8) is 0 Å². The molecule has 0 bridgehead atoms. The molecule has 0 spiro atoms. The van der Waals surface area contributed by atoms with Crippen molar-refractivity contribution >= 4 is 17.5 Å². The molecule has 50 heavy (non-hydrogen) atoms. The minimum Gasteiger partial charge on any atom is -0.492 e. The fourth-order valence-electron chi connectivity index (χ4n) is 7.24. The molecule has 0 aliphatic heterocycles. The van der Waals surface area contributed by atoms with Crippen molar-refractivity contribution in [2.24, 2.45) is 0 Å². The Morgan fingerprint density at radius 3 is 1.14 bits per heavy atom. The van der Waals surface area contributed by atoms with E-state index in [0.29, 0.717) is 11.1 Å². The summed E-state index contributed by atoms with van der Waals surface area (Å²) in [5.41, 5.74) is 0.485. The zero-order chi connectivity index (χ0) is 36.8. The van der Waals surface area contributed by atoms with E-state index in [1.54, 1.807) is 0 Å². The van der Waals surface area contributed by atoms with E-state index in [-0.39, 0.29) is 68.7 Å². The van der Waals surface area contributed by atoms with Gasteiger partial charge in [0.05, 0.1) is 36.7 Å². The van der Waals surface area contributed by atoms with Gasteiger partial charge in [0.1, 0.15) is 35.4 Å². The number of hydrogen-bond donors (Lipinski definition) is 2. The number of anilines is 2. The molecule has 2 aromatic carbocycles. The minimum atomic E-state index is -1.25. The summed E-state index contributed by atoms with van der Waals surface area (Å²) in [6.45, 7) is 11.4. The fraction of sp³-hybridized carbons (Fsp3) is 0.564. The average molecular weight is 681 g/mol. The molecule has 4 rings (SSSR count). The van der Waals surface area contributed by atoms with Gasteiger partial charge in [-0.05, 0) is 36.5 Å². The molecule has 0 unspecified atom stereocenters. The first-order chi connectivity index (χ1) is 23.7. The van der Waals surface area contributed by atoms with Crippen molar-refractivity contribution in [3.8, 4) is 47.3 Å². The number of rotatable bonds is 8. The van der Waals surface area contributed by atoms with Crippen molar-refractivity contribution in [2.45, 2.75) is 129 Å². The van der Waals surface area contributed by atoms with Crippen molar-refractivity contribution < 1.29 is 23.7 Å². The van der Waals surface area contributed by atoms with Gasteiger partial charge in [0.15, 0.2) is 23.0 Å². The average Bonchev–Trinajstić information content (AvgIpc) is 3.08. The van der Waals surface area contributed by atoms with Gasteiger partial charge >= 0.3 is 6.16 Å². The number of methoxy groups -OCH3 is 2. The third kappa shape index (κ3) is 7.69. The molecule has 2 N–H and O–H groups in total. The van der Waals surface area contributed by atoms with E-state index in [9.17, 15) is 25.8 Å². The predicted molar refractivity (Wildman–Crippen MR) is 190 cm³/mol. The first-order valence-corrected chi connectivity index (χ1v) is 17.4. The van der Waals surface area contributed by atoms with Crippen LogP contribution < -0.4 is 29.6 Å². The second-order valence-corrected chi connectivity index (χ2v) is 15.1. The summed E-state index contributed by atoms with van der Waals surface area (Å²) < 4.78 is 23.4. The Bertz CT molecular complexity index is 1650. The third-order valence-electron chi connectivity index (χ3n) is 9.45. The molecule has 0 radical (unpaired) electrons. The highest BCUT2D eigenvalue weighted by Crippen LogP contribution is 2.50. The zero-order valence-electron chi connectivity index (χ0n) is 30.6. The molecule has 264 valence electrons. The largest absolute Gasteiger partial charge is 0.519 e. The van der Waals surface area contributed by atoms with Crippen LogP contribution in [0.3, 0.4) is 0 Å². The van der Waals surface area contributed by atoms with E-state index in [1.165, 1.54) is 14.2 Å². The highest BCUT2D eigenvalue weighted by Gasteiger charge is 2.37. The molecule has 2 saturated carbocycles. The van der Waals surface area contributed by atoms with Gasteiger partial charge in [-0.1, -0.05) is 80.1 Å². The van der Waals surface area contributed by atoms with Gasteiger partial charge in [0.2, 0.25) is 0 Å². The van der Waals surface area contributed by atoms with Crippen molar-refractivity contribution in [1.29, 1.82) is 21.0 Å². The van der Waals surface area contributed by atoms with Gasteiger partial charge in [-0.25, -0.2) is 4.79 Å². The molecular formula is C39H48N6O5. The van der Waals surface area contributed by atoms with Crippen LogP contribution in [-0.2, 0) is 10.8 Å². The monoisotopic (exact) mass is 680 g/mol. The van der Waals surface area contributed by atoms with Gasteiger partial charge in [0.25, 0.3) is 0 Å². The van der Waals surface area contributed by atoms with E-state index in [4.69, 9.17) is 18.9 Å². The molecule has 2 fully saturated rings. The fourth-order valence-corrected chi connectivity index (χ4v) is 7.24. The van der Waals surface area contributed by atoms with Crippen LogP contribution >= 0.6 is 0 Å². The van der Waals surface area contributed by atoms with Crippen LogP contribution in [0.1, 0.15) is 139 Å². The van der Waals surface area contributed by atoms with Crippen LogP contribution in [0.25, 0.3) is 0 Å². The van der Waals surface area contributed by atoms with Gasteiger partial charge in [-0.15, -0.1) is 0 Å². The molecule has 2 aromatic rings. The maximum Gasteiger partial charge on any atom is 0.519 e. The van der Waals surface area contributed by atoms with Crippen LogP contribution in [0, 0.1) is 45.3 Å². The number of nitrogens with zero attached hydrogens (tertiary/aromatic N) is 4. The van der Waals surface area contributed by atoms with Crippen LogP contribution in [0.2, 0.25) is 0 Å². The molecule has 0 amide bonds. The smallest absolute Gasteiger partial charge is 0.492 e. The second kappa shape index (κ2) is 15.6. The zero-order valence-corrected chi connectivity index (χ0v) is 30.6. The van der Waals surface area contributed by atoms with E-state index in [2.05, 4.69) is 34.9 Å². The normalized spacial score (nSPS) is 15.4. The van der Waals surface area contributed by atoms with Crippen LogP contribution in [0.4, 0.5) is 16.2 Å². The number of ether oxygens (including phenoxy) is 4. The molecule has 0 atom stereocenters. The number of hydrogen-bond acceptors (Lipinski definition) is 11. The minimum absolute atomic E-state index is 0.0240. The first-order valence-electron chi connectivity index (χ1n) is 17.4. The number of nitrogens with one attached hydrogen (secondary N) is 2. The van der Waals surface area contributed by atoms with Crippen molar-refractivity contribution in [1.82, 2.24) is 0 Å². The molecule has 0 heterocycles. The van der Waals surface area contributed by atoms with E-state index < -0.39 is 17.0 Å². The van der Waals surface area contributed by atoms with Crippen LogP contribution in [0.5, 0.6) is 23.0 Å². The number of carbonyl (C=O) groups is 1. The maximum atomic E-state index is 13.9. The predicted octanol–water partition coefficient (Wildman–Crippen LogP) is 8.85. The first kappa shape index (κ1) is 37.7. The van der Waals surface area contributed by atoms with Gasteiger partial charge in [-0.3, -0.25) is 0 Å². The second-order valence-electron chi connectivity index (χ2n) is 15.1. The highest BCUT2D eigenvalue weighted by molar-refractivity contribution is 5.84. The Labute approximate surface area is 296 Å². The van der Waals surface area contributed by atoms with Crippen molar-refractivity contribution in [2.75, 3.05) is 24.9 Å². The SMILES string of the molecule is COc1c(OC(=O)Oc2c(C#N)c(NC3CCCCC3)c(C#N)c(C(C)(C)C)c2OC)c(C#N)c(NC2CCCCC2)c(C#N)c1C(C)(C)C. The van der Waals surface area contributed by atoms with Crippen molar-refractivity contribution in [3.05, 3.63) is 33.4 Å². The molecule has 0 aromatic heterocycles. The maximum absolute atomic E-state index is 13.9. The molecule has 2 aliphatic rings. The van der Waals surface area contributed by atoms with Gasteiger partial charge in [0, 0.05) is 23.2 Å². The summed E-state index contributed by atoms with van der Waals surface area (Å²) in [6, 6.07) is 8.90. The standard InChI is InChI=1S/C39H48N6O5/c1-38(2,3)29-25(19-40)31(44-23-15-11-9-12-16-23)27(21-42)33(35(29)47-7)49-37(46)50-34-28(22-43)32(45-24-17-13-10-14-18-24)26(20-41)30(36(34)48-8)39(4,5)6/h23-24,44-45H,9-18H2,1-8H3. The Kier molecular flexibility index (Phi) is 11.8. The number of carbonyl (C=O) groups excluding carboxylic acids is 1. The molecule has 11 nitrogen and oxygen atoms in total. The van der Waals surface area contributed by atoms with Gasteiger partial charge in [-0.2, -0.15) is 21.0 Å². The van der Waals surface area contributed by atoms with Gasteiger partial charge < -0.3 is 29.6 Å². The Hall–Kier alpha value is -5.13. The Morgan fingerprint density at radius 1 is 0.560 bits per heavy atom. The lowest BCUT2D eigenvalue weighted by Crippen LogP contribution is -2.27. The van der Waals surface area contributed by atoms with E-state index in [1.807, 2.05) is 41.5 Å². The molecular weight excluding hydrogens is 632 g/mol.